The first kappa shape index (κ1) is 12.1. The van der Waals surface area contributed by atoms with Crippen LogP contribution in [0.2, 0.25) is 0 Å². The van der Waals surface area contributed by atoms with Crippen molar-refractivity contribution < 1.29 is 9.90 Å². The highest BCUT2D eigenvalue weighted by atomic mass is 16.4. The maximum atomic E-state index is 10.8. The molecule has 2 N–H and O–H groups in total. The number of carbonyl (C=O) groups is 1. The van der Waals surface area contributed by atoms with Crippen molar-refractivity contribution >= 4 is 17.5 Å². The van der Waals surface area contributed by atoms with Crippen LogP contribution in [0.1, 0.15) is 21.6 Å². The van der Waals surface area contributed by atoms with Gasteiger partial charge in [0, 0.05) is 5.69 Å². The van der Waals surface area contributed by atoms with E-state index < -0.39 is 5.97 Å². The zero-order chi connectivity index (χ0) is 13.1. The molecule has 0 atom stereocenters. The lowest BCUT2D eigenvalue weighted by atomic mass is 10.1. The Bertz CT molecular complexity index is 594. The number of hydrogen-bond donors (Lipinski definition) is 2. The van der Waals surface area contributed by atoms with E-state index in [2.05, 4.69) is 16.4 Å². The van der Waals surface area contributed by atoms with Crippen LogP contribution in [0.15, 0.2) is 36.4 Å². The molecule has 0 saturated heterocycles. The van der Waals surface area contributed by atoms with Gasteiger partial charge in [-0.3, -0.25) is 0 Å². The molecule has 0 amide bonds. The predicted octanol–water partition coefficient (Wildman–Crippen LogP) is 3.14. The fraction of sp³-hybridized carbons (Fsp3) is 0.143. The van der Waals surface area contributed by atoms with Crippen molar-refractivity contribution in [2.45, 2.75) is 13.8 Å². The number of aromatic carboxylic acids is 1. The molecule has 2 aromatic rings. The molecule has 0 bridgehead atoms. The second-order valence-corrected chi connectivity index (χ2v) is 4.16. The Morgan fingerprint density at radius 1 is 1.22 bits per heavy atom. The van der Waals surface area contributed by atoms with Gasteiger partial charge in [-0.2, -0.15) is 0 Å². The molecule has 0 aliphatic carbocycles. The van der Waals surface area contributed by atoms with Crippen LogP contribution in [0.3, 0.4) is 0 Å². The summed E-state index contributed by atoms with van der Waals surface area (Å²) in [6.45, 7) is 4.02. The number of benzene rings is 1. The third-order valence-corrected chi connectivity index (χ3v) is 2.61. The summed E-state index contributed by atoms with van der Waals surface area (Å²) >= 11 is 0. The fourth-order valence-electron chi connectivity index (χ4n) is 1.72. The zero-order valence-corrected chi connectivity index (χ0v) is 10.3. The number of nitrogens with one attached hydrogen (secondary N) is 1. The first-order chi connectivity index (χ1) is 8.56. The molecule has 4 heteroatoms. The number of aryl methyl sites for hydroxylation is 2. The Hall–Kier alpha value is -2.36. The van der Waals surface area contributed by atoms with Gasteiger partial charge < -0.3 is 10.4 Å². The minimum absolute atomic E-state index is 0.0322. The Morgan fingerprint density at radius 2 is 2.00 bits per heavy atom. The van der Waals surface area contributed by atoms with Crippen LogP contribution in [-0.4, -0.2) is 16.1 Å². The van der Waals surface area contributed by atoms with Crippen LogP contribution in [0.5, 0.6) is 0 Å². The largest absolute Gasteiger partial charge is 0.477 e. The Balaban J connectivity index is 2.28. The molecule has 0 fully saturated rings. The Morgan fingerprint density at radius 3 is 2.67 bits per heavy atom. The molecule has 18 heavy (non-hydrogen) atoms. The van der Waals surface area contributed by atoms with Crippen LogP contribution in [0.25, 0.3) is 0 Å². The number of nitrogens with zero attached hydrogens (tertiary/aromatic N) is 1. The van der Waals surface area contributed by atoms with Gasteiger partial charge in [0.05, 0.1) is 0 Å². The number of carboxylic acids is 1. The van der Waals surface area contributed by atoms with Crippen molar-refractivity contribution in [2.24, 2.45) is 0 Å². The Labute approximate surface area is 105 Å². The lowest BCUT2D eigenvalue weighted by Gasteiger charge is -2.09. The monoisotopic (exact) mass is 242 g/mol. The van der Waals surface area contributed by atoms with Gasteiger partial charge in [-0.15, -0.1) is 0 Å². The molecule has 1 aromatic heterocycles. The highest BCUT2D eigenvalue weighted by molar-refractivity contribution is 5.85. The van der Waals surface area contributed by atoms with Gasteiger partial charge in [0.15, 0.2) is 5.69 Å². The number of aromatic nitrogens is 1. The predicted molar refractivity (Wildman–Crippen MR) is 70.4 cm³/mol. The average Bonchev–Trinajstić information content (AvgIpc) is 2.33. The van der Waals surface area contributed by atoms with E-state index in [9.17, 15) is 4.79 Å². The van der Waals surface area contributed by atoms with Gasteiger partial charge in [0.2, 0.25) is 0 Å². The fourth-order valence-corrected chi connectivity index (χ4v) is 1.72. The van der Waals surface area contributed by atoms with E-state index in [1.54, 1.807) is 12.1 Å². The quantitative estimate of drug-likeness (QED) is 0.868. The standard InChI is InChI=1S/C14H14N2O2/c1-9-6-7-11(10(2)8-9)15-13-5-3-4-12(16-13)14(17)18/h3-8H,1-2H3,(H,15,16)(H,17,18). The van der Waals surface area contributed by atoms with Crippen LogP contribution in [0.4, 0.5) is 11.5 Å². The molecule has 2 rings (SSSR count). The highest BCUT2D eigenvalue weighted by Gasteiger charge is 2.06. The number of anilines is 2. The molecule has 0 spiro atoms. The lowest BCUT2D eigenvalue weighted by Crippen LogP contribution is -2.03. The van der Waals surface area contributed by atoms with Crippen molar-refractivity contribution in [1.29, 1.82) is 0 Å². The molecular formula is C14H14N2O2. The van der Waals surface area contributed by atoms with Gasteiger partial charge >= 0.3 is 5.97 Å². The zero-order valence-electron chi connectivity index (χ0n) is 10.3. The van der Waals surface area contributed by atoms with Gasteiger partial charge in [0.25, 0.3) is 0 Å². The van der Waals surface area contributed by atoms with Crippen molar-refractivity contribution in [2.75, 3.05) is 5.32 Å². The number of hydrogen-bond acceptors (Lipinski definition) is 3. The molecule has 0 saturated carbocycles. The lowest BCUT2D eigenvalue weighted by molar-refractivity contribution is 0.0690. The van der Waals surface area contributed by atoms with Crippen molar-refractivity contribution in [3.8, 4) is 0 Å². The summed E-state index contributed by atoms with van der Waals surface area (Å²) in [5, 5.41) is 12.0. The van der Waals surface area contributed by atoms with Crippen LogP contribution in [0, 0.1) is 13.8 Å². The van der Waals surface area contributed by atoms with E-state index >= 15 is 0 Å². The molecule has 4 nitrogen and oxygen atoms in total. The summed E-state index contributed by atoms with van der Waals surface area (Å²) in [5.74, 6) is -0.499. The van der Waals surface area contributed by atoms with E-state index in [0.717, 1.165) is 11.3 Å². The SMILES string of the molecule is Cc1ccc(Nc2cccc(C(=O)O)n2)c(C)c1. The van der Waals surface area contributed by atoms with Crippen LogP contribution in [-0.2, 0) is 0 Å². The molecule has 1 aromatic carbocycles. The number of pyridine rings is 1. The van der Waals surface area contributed by atoms with Gasteiger partial charge in [-0.1, -0.05) is 23.8 Å². The van der Waals surface area contributed by atoms with Gasteiger partial charge in [0.1, 0.15) is 5.82 Å². The summed E-state index contributed by atoms with van der Waals surface area (Å²) in [7, 11) is 0. The first-order valence-electron chi connectivity index (χ1n) is 5.61. The second kappa shape index (κ2) is 4.87. The maximum Gasteiger partial charge on any atom is 0.354 e. The summed E-state index contributed by atoms with van der Waals surface area (Å²) in [4.78, 5) is 14.8. The van der Waals surface area contributed by atoms with E-state index in [1.165, 1.54) is 11.6 Å². The van der Waals surface area contributed by atoms with Crippen molar-refractivity contribution in [3.05, 3.63) is 53.2 Å². The average molecular weight is 242 g/mol. The minimum atomic E-state index is -1.03. The molecule has 0 aliphatic heterocycles. The molecule has 0 radical (unpaired) electrons. The summed E-state index contributed by atoms with van der Waals surface area (Å²) in [6, 6.07) is 10.9. The first-order valence-corrected chi connectivity index (χ1v) is 5.61. The molecule has 1 heterocycles. The normalized spacial score (nSPS) is 10.1. The molecule has 0 unspecified atom stereocenters. The van der Waals surface area contributed by atoms with E-state index in [-0.39, 0.29) is 5.69 Å². The van der Waals surface area contributed by atoms with E-state index in [1.807, 2.05) is 26.0 Å². The smallest absolute Gasteiger partial charge is 0.354 e. The minimum Gasteiger partial charge on any atom is -0.477 e. The topological polar surface area (TPSA) is 62.2 Å². The maximum absolute atomic E-state index is 10.8. The van der Waals surface area contributed by atoms with Crippen molar-refractivity contribution in [1.82, 2.24) is 4.98 Å². The van der Waals surface area contributed by atoms with Gasteiger partial charge in [-0.05, 0) is 37.6 Å². The summed E-state index contributed by atoms with van der Waals surface area (Å²) in [5.41, 5.74) is 3.24. The summed E-state index contributed by atoms with van der Waals surface area (Å²) < 4.78 is 0. The number of carboxylic acid groups (broad SMARTS) is 1. The van der Waals surface area contributed by atoms with E-state index in [4.69, 9.17) is 5.11 Å². The van der Waals surface area contributed by atoms with Crippen LogP contribution >= 0.6 is 0 Å². The summed E-state index contributed by atoms with van der Waals surface area (Å²) in [6.07, 6.45) is 0. The van der Waals surface area contributed by atoms with Crippen molar-refractivity contribution in [3.63, 3.8) is 0 Å². The second-order valence-electron chi connectivity index (χ2n) is 4.16. The number of rotatable bonds is 3. The van der Waals surface area contributed by atoms with Crippen LogP contribution < -0.4 is 5.32 Å². The highest BCUT2D eigenvalue weighted by Crippen LogP contribution is 2.20. The third-order valence-electron chi connectivity index (χ3n) is 2.61. The third kappa shape index (κ3) is 2.66. The molecule has 92 valence electrons. The van der Waals surface area contributed by atoms with E-state index in [0.29, 0.717) is 5.82 Å². The molecule has 0 aliphatic rings. The molecular weight excluding hydrogens is 228 g/mol. The Kier molecular flexibility index (Phi) is 3.28. The van der Waals surface area contributed by atoms with Gasteiger partial charge in [-0.25, -0.2) is 9.78 Å².